The van der Waals surface area contributed by atoms with E-state index in [1.54, 1.807) is 22.5 Å². The van der Waals surface area contributed by atoms with Crippen LogP contribution in [0.15, 0.2) is 59.8 Å². The Labute approximate surface area is 223 Å². The van der Waals surface area contributed by atoms with Gasteiger partial charge >= 0.3 is 6.03 Å². The van der Waals surface area contributed by atoms with E-state index >= 15 is 0 Å². The molecule has 0 atom stereocenters. The van der Waals surface area contributed by atoms with Gasteiger partial charge in [0.1, 0.15) is 35.6 Å². The molecule has 4 aromatic rings. The highest BCUT2D eigenvalue weighted by Crippen LogP contribution is 2.29. The van der Waals surface area contributed by atoms with Crippen LogP contribution in [0.2, 0.25) is 0 Å². The van der Waals surface area contributed by atoms with Crippen molar-refractivity contribution < 1.29 is 13.9 Å². The first-order valence-electron chi connectivity index (χ1n) is 11.4. The molecule has 2 amide bonds. The summed E-state index contributed by atoms with van der Waals surface area (Å²) in [6, 6.07) is 14.6. The minimum atomic E-state index is -0.755. The molecule has 4 rings (SSSR count). The molecule has 0 aliphatic carbocycles. The van der Waals surface area contributed by atoms with Gasteiger partial charge in [0.15, 0.2) is 5.56 Å². The molecule has 0 aliphatic heterocycles. The Bertz CT molecular complexity index is 1520. The summed E-state index contributed by atoms with van der Waals surface area (Å²) >= 11 is 1.62. The molecule has 10 nitrogen and oxygen atoms in total. The van der Waals surface area contributed by atoms with Crippen LogP contribution in [0, 0.1) is 17.1 Å². The van der Waals surface area contributed by atoms with Gasteiger partial charge in [0, 0.05) is 22.4 Å². The van der Waals surface area contributed by atoms with E-state index in [1.807, 2.05) is 57.4 Å². The molecule has 12 heteroatoms. The first kappa shape index (κ1) is 26.4. The summed E-state index contributed by atoms with van der Waals surface area (Å²) < 4.78 is 22.0. The number of ether oxygens (including phenoxy) is 1. The maximum Gasteiger partial charge on any atom is 0.324 e. The molecule has 2 aromatic carbocycles. The van der Waals surface area contributed by atoms with Crippen molar-refractivity contribution in [1.82, 2.24) is 19.7 Å². The van der Waals surface area contributed by atoms with Crippen LogP contribution in [-0.4, -0.2) is 32.0 Å². The molecule has 0 unspecified atom stereocenters. The number of rotatable bonds is 6. The molecule has 0 aliphatic rings. The lowest BCUT2D eigenvalue weighted by Crippen LogP contribution is -2.22. The van der Waals surface area contributed by atoms with Gasteiger partial charge in [-0.1, -0.05) is 20.8 Å². The van der Waals surface area contributed by atoms with Crippen LogP contribution in [0.3, 0.4) is 0 Å². The fraction of sp³-hybridized carbons (Fsp3) is 0.192. The van der Waals surface area contributed by atoms with Crippen molar-refractivity contribution in [2.24, 2.45) is 0 Å². The third-order valence-electron chi connectivity index (χ3n) is 5.39. The lowest BCUT2D eigenvalue weighted by Gasteiger charge is -2.14. The number of hydrogen-bond donors (Lipinski definition) is 3. The van der Waals surface area contributed by atoms with Crippen LogP contribution in [0.4, 0.5) is 26.5 Å². The molecule has 0 radical (unpaired) electrons. The van der Waals surface area contributed by atoms with E-state index in [4.69, 9.17) is 15.6 Å². The number of amides is 2. The smallest absolute Gasteiger partial charge is 0.324 e. The first-order valence-corrected chi connectivity index (χ1v) is 12.6. The van der Waals surface area contributed by atoms with Gasteiger partial charge in [-0.3, -0.25) is 5.32 Å². The molecule has 0 bridgehead atoms. The number of anilines is 3. The number of nitrogens with zero attached hydrogens (tertiary/aromatic N) is 5. The standard InChI is InChI=1S/C26H25FN8O2S/c1-26(2,3)21-12-22(35(34-21)15-5-8-17(38-4)9-6-15)33-25(36)32-20-10-7-16(11-19(20)27)37-24-18(13-28)23(29)30-14-31-24/h5-12,14H,1-4H3,(H2,29,30,31)(H2,32,33,36). The van der Waals surface area contributed by atoms with Crippen LogP contribution < -0.4 is 21.1 Å². The van der Waals surface area contributed by atoms with Gasteiger partial charge in [0.2, 0.25) is 5.88 Å². The van der Waals surface area contributed by atoms with E-state index in [2.05, 4.69) is 20.6 Å². The number of nitrogens with two attached hydrogens (primary N) is 1. The Morgan fingerprint density at radius 3 is 2.50 bits per heavy atom. The summed E-state index contributed by atoms with van der Waals surface area (Å²) in [4.78, 5) is 21.5. The van der Waals surface area contributed by atoms with E-state index in [9.17, 15) is 14.4 Å². The second-order valence-corrected chi connectivity index (χ2v) is 10.0. The van der Waals surface area contributed by atoms with E-state index in [-0.39, 0.29) is 34.1 Å². The van der Waals surface area contributed by atoms with Crippen LogP contribution >= 0.6 is 11.8 Å². The molecule has 0 spiro atoms. The van der Waals surface area contributed by atoms with Gasteiger partial charge in [-0.15, -0.1) is 11.8 Å². The van der Waals surface area contributed by atoms with Gasteiger partial charge in [-0.05, 0) is 42.7 Å². The molecule has 2 heterocycles. The van der Waals surface area contributed by atoms with E-state index in [0.29, 0.717) is 5.82 Å². The summed E-state index contributed by atoms with van der Waals surface area (Å²) in [5, 5.41) is 19.2. The number of benzene rings is 2. The van der Waals surface area contributed by atoms with E-state index < -0.39 is 11.8 Å². The molecule has 2 aromatic heterocycles. The number of urea groups is 1. The highest BCUT2D eigenvalue weighted by molar-refractivity contribution is 7.98. The Hall–Kier alpha value is -4.63. The molecule has 0 saturated carbocycles. The quantitative estimate of drug-likeness (QED) is 0.268. The molecule has 194 valence electrons. The zero-order chi connectivity index (χ0) is 27.4. The van der Waals surface area contributed by atoms with Gasteiger partial charge in [0.05, 0.1) is 17.1 Å². The Balaban J connectivity index is 1.53. The van der Waals surface area contributed by atoms with Crippen molar-refractivity contribution in [1.29, 1.82) is 5.26 Å². The van der Waals surface area contributed by atoms with Crippen molar-refractivity contribution in [3.63, 3.8) is 0 Å². The number of halogens is 1. The topological polar surface area (TPSA) is 144 Å². The predicted molar refractivity (Wildman–Crippen MR) is 144 cm³/mol. The fourth-order valence-electron chi connectivity index (χ4n) is 3.36. The van der Waals surface area contributed by atoms with Crippen LogP contribution in [-0.2, 0) is 5.41 Å². The maximum absolute atomic E-state index is 14.8. The van der Waals surface area contributed by atoms with Crippen LogP contribution in [0.1, 0.15) is 32.0 Å². The summed E-state index contributed by atoms with van der Waals surface area (Å²) in [5.74, 6) is -0.428. The van der Waals surface area contributed by atoms with Gasteiger partial charge in [0.25, 0.3) is 0 Å². The zero-order valence-electron chi connectivity index (χ0n) is 21.1. The number of nitriles is 1. The lowest BCUT2D eigenvalue weighted by atomic mass is 9.92. The minimum Gasteiger partial charge on any atom is -0.437 e. The third kappa shape index (κ3) is 5.84. The van der Waals surface area contributed by atoms with Gasteiger partial charge in [-0.2, -0.15) is 10.4 Å². The van der Waals surface area contributed by atoms with Crippen LogP contribution in [0.5, 0.6) is 11.6 Å². The SMILES string of the molecule is CSc1ccc(-n2nc(C(C)(C)C)cc2NC(=O)Nc2ccc(Oc3ncnc(N)c3C#N)cc2F)cc1. The number of aromatic nitrogens is 4. The predicted octanol–water partition coefficient (Wildman–Crippen LogP) is 5.71. The highest BCUT2D eigenvalue weighted by atomic mass is 32.2. The summed E-state index contributed by atoms with van der Waals surface area (Å²) in [6.45, 7) is 6.07. The van der Waals surface area contributed by atoms with Crippen molar-refractivity contribution in [3.05, 3.63) is 71.9 Å². The van der Waals surface area contributed by atoms with Crippen molar-refractivity contribution in [2.75, 3.05) is 22.6 Å². The van der Waals surface area contributed by atoms with Crippen LogP contribution in [0.25, 0.3) is 5.69 Å². The van der Waals surface area contributed by atoms with Crippen molar-refractivity contribution in [2.45, 2.75) is 31.1 Å². The Morgan fingerprint density at radius 2 is 1.87 bits per heavy atom. The molecular weight excluding hydrogens is 507 g/mol. The largest absolute Gasteiger partial charge is 0.437 e. The number of nitrogens with one attached hydrogen (secondary N) is 2. The maximum atomic E-state index is 14.8. The first-order chi connectivity index (χ1) is 18.1. The molecule has 4 N–H and O–H groups in total. The number of carbonyl (C=O) groups excluding carboxylic acids is 1. The second-order valence-electron chi connectivity index (χ2n) is 9.15. The van der Waals surface area contributed by atoms with Gasteiger partial charge in [-0.25, -0.2) is 23.8 Å². The number of hydrogen-bond acceptors (Lipinski definition) is 8. The van der Waals surface area contributed by atoms with E-state index in [1.165, 1.54) is 12.1 Å². The lowest BCUT2D eigenvalue weighted by molar-refractivity contribution is 0.262. The number of nitrogen functional groups attached to an aromatic ring is 1. The summed E-state index contributed by atoms with van der Waals surface area (Å²) in [5.41, 5.74) is 6.79. The molecule has 0 fully saturated rings. The average Bonchev–Trinajstić information content (AvgIpc) is 3.30. The Morgan fingerprint density at radius 1 is 1.13 bits per heavy atom. The minimum absolute atomic E-state index is 0.0537. The monoisotopic (exact) mass is 532 g/mol. The summed E-state index contributed by atoms with van der Waals surface area (Å²) in [6.07, 6.45) is 3.13. The van der Waals surface area contributed by atoms with Gasteiger partial charge < -0.3 is 15.8 Å². The molecule has 0 saturated heterocycles. The third-order valence-corrected chi connectivity index (χ3v) is 6.14. The average molecular weight is 533 g/mol. The van der Waals surface area contributed by atoms with Crippen molar-refractivity contribution >= 4 is 35.1 Å². The number of carbonyl (C=O) groups is 1. The molecule has 38 heavy (non-hydrogen) atoms. The molecular formula is C26H25FN8O2S. The van der Waals surface area contributed by atoms with E-state index in [0.717, 1.165) is 28.7 Å². The highest BCUT2D eigenvalue weighted by Gasteiger charge is 2.22. The second kappa shape index (κ2) is 10.8. The number of thioether (sulfide) groups is 1. The fourth-order valence-corrected chi connectivity index (χ4v) is 3.77. The zero-order valence-corrected chi connectivity index (χ0v) is 21.9. The summed E-state index contributed by atoms with van der Waals surface area (Å²) in [7, 11) is 0. The van der Waals surface area contributed by atoms with Crippen molar-refractivity contribution in [3.8, 4) is 23.4 Å². The Kier molecular flexibility index (Phi) is 7.50. The normalized spacial score (nSPS) is 11.1.